The molecular formula is C28H25F3N4O6S. The summed E-state index contributed by atoms with van der Waals surface area (Å²) >= 11 is 0. The minimum absolute atomic E-state index is 0.0820. The molecule has 0 unspecified atom stereocenters. The average Bonchev–Trinajstić information content (AvgIpc) is 3.39. The molecule has 2 atom stereocenters. The predicted octanol–water partition coefficient (Wildman–Crippen LogP) is 4.78. The van der Waals surface area contributed by atoms with Crippen LogP contribution in [0.5, 0.6) is 11.5 Å². The number of carbonyl (C=O) groups excluding carboxylic acids is 1. The number of carbonyl (C=O) groups is 1. The topological polar surface area (TPSA) is 143 Å². The normalized spacial score (nSPS) is 18.0. The Morgan fingerprint density at radius 3 is 2.45 bits per heavy atom. The summed E-state index contributed by atoms with van der Waals surface area (Å²) in [6, 6.07) is 18.0. The first kappa shape index (κ1) is 29.1. The van der Waals surface area contributed by atoms with Gasteiger partial charge < -0.3 is 19.9 Å². The van der Waals surface area contributed by atoms with Crippen LogP contribution >= 0.6 is 0 Å². The molecule has 4 aromatic rings. The summed E-state index contributed by atoms with van der Waals surface area (Å²) in [5.74, 6) is -1.14. The number of anilines is 1. The molecule has 10 nitrogen and oxygen atoms in total. The molecular weight excluding hydrogens is 577 g/mol. The zero-order valence-corrected chi connectivity index (χ0v) is 23.0. The van der Waals surface area contributed by atoms with E-state index >= 15 is 0 Å². The maximum atomic E-state index is 13.4. The van der Waals surface area contributed by atoms with Gasteiger partial charge in [0.25, 0.3) is 5.91 Å². The zero-order chi connectivity index (χ0) is 30.3. The number of rotatable bonds is 7. The highest BCUT2D eigenvalue weighted by atomic mass is 32.2. The molecule has 2 heterocycles. The van der Waals surface area contributed by atoms with E-state index in [1.807, 2.05) is 30.3 Å². The van der Waals surface area contributed by atoms with E-state index in [-0.39, 0.29) is 22.7 Å². The second-order valence-corrected chi connectivity index (χ2v) is 11.7. The van der Waals surface area contributed by atoms with Crippen molar-refractivity contribution in [2.24, 2.45) is 0 Å². The van der Waals surface area contributed by atoms with E-state index in [1.54, 1.807) is 6.07 Å². The Labute approximate surface area is 238 Å². The van der Waals surface area contributed by atoms with Crippen molar-refractivity contribution in [1.82, 2.24) is 14.9 Å². The van der Waals surface area contributed by atoms with Gasteiger partial charge in [-0.05, 0) is 49.7 Å². The number of sulfonamides is 1. The number of aromatic amines is 1. The lowest BCUT2D eigenvalue weighted by molar-refractivity contribution is -0.275. The molecule has 3 aromatic carbocycles. The van der Waals surface area contributed by atoms with Gasteiger partial charge in [0.1, 0.15) is 28.1 Å². The number of halogens is 3. The molecule has 0 aliphatic carbocycles. The van der Waals surface area contributed by atoms with Crippen LogP contribution in [0.2, 0.25) is 0 Å². The first-order valence-electron chi connectivity index (χ1n) is 12.5. The van der Waals surface area contributed by atoms with Gasteiger partial charge in [-0.25, -0.2) is 13.1 Å². The summed E-state index contributed by atoms with van der Waals surface area (Å²) in [7, 11) is -4.70. The maximum Gasteiger partial charge on any atom is 0.573 e. The summed E-state index contributed by atoms with van der Waals surface area (Å²) in [5, 5.41) is 20.7. The molecule has 0 saturated heterocycles. The molecule has 0 bridgehead atoms. The van der Waals surface area contributed by atoms with Crippen molar-refractivity contribution in [3.05, 3.63) is 90.0 Å². The number of aliphatic hydroxyl groups excluding tert-OH is 1. The van der Waals surface area contributed by atoms with Gasteiger partial charge in [0, 0.05) is 17.2 Å². The number of hydrogen-bond acceptors (Lipinski definition) is 7. The maximum absolute atomic E-state index is 13.4. The van der Waals surface area contributed by atoms with Crippen molar-refractivity contribution >= 4 is 21.7 Å². The predicted molar refractivity (Wildman–Crippen MR) is 145 cm³/mol. The van der Waals surface area contributed by atoms with E-state index in [4.69, 9.17) is 4.74 Å². The molecule has 1 aliphatic heterocycles. The number of nitrogens with zero attached hydrogens (tertiary/aromatic N) is 1. The Kier molecular flexibility index (Phi) is 7.47. The molecule has 220 valence electrons. The van der Waals surface area contributed by atoms with Crippen molar-refractivity contribution in [2.45, 2.75) is 42.9 Å². The van der Waals surface area contributed by atoms with Gasteiger partial charge >= 0.3 is 6.36 Å². The second kappa shape index (κ2) is 10.8. The van der Waals surface area contributed by atoms with Gasteiger partial charge in [0.2, 0.25) is 10.0 Å². The summed E-state index contributed by atoms with van der Waals surface area (Å²) in [6.07, 6.45) is -6.65. The van der Waals surface area contributed by atoms with E-state index in [1.165, 1.54) is 44.2 Å². The molecule has 0 saturated carbocycles. The molecule has 5 rings (SSSR count). The third-order valence-corrected chi connectivity index (χ3v) is 8.04. The van der Waals surface area contributed by atoms with E-state index in [9.17, 15) is 31.5 Å². The van der Waals surface area contributed by atoms with Crippen LogP contribution in [-0.4, -0.2) is 47.7 Å². The minimum atomic E-state index is -5.14. The van der Waals surface area contributed by atoms with Crippen LogP contribution in [0.25, 0.3) is 11.3 Å². The number of aliphatic hydroxyl groups is 1. The highest BCUT2D eigenvalue weighted by Gasteiger charge is 2.45. The number of fused-ring (bicyclic) bond motifs is 1. The molecule has 0 spiro atoms. The van der Waals surface area contributed by atoms with Crippen LogP contribution in [0, 0.1) is 0 Å². The Hall–Kier alpha value is -4.40. The number of ether oxygens (including phenoxy) is 2. The monoisotopic (exact) mass is 602 g/mol. The van der Waals surface area contributed by atoms with E-state index in [2.05, 4.69) is 25.0 Å². The lowest BCUT2D eigenvalue weighted by atomic mass is 9.86. The number of para-hydroxylation sites is 1. The summed E-state index contributed by atoms with van der Waals surface area (Å²) in [6.45, 7) is 3.04. The van der Waals surface area contributed by atoms with Gasteiger partial charge in [-0.3, -0.25) is 9.89 Å². The van der Waals surface area contributed by atoms with Crippen molar-refractivity contribution < 1.29 is 41.0 Å². The summed E-state index contributed by atoms with van der Waals surface area (Å²) in [5.41, 5.74) is 0.386. The Bertz CT molecular complexity index is 1720. The fourth-order valence-electron chi connectivity index (χ4n) is 4.52. The van der Waals surface area contributed by atoms with Crippen molar-refractivity contribution in [3.8, 4) is 22.8 Å². The van der Waals surface area contributed by atoms with Crippen molar-refractivity contribution in [1.29, 1.82) is 0 Å². The third kappa shape index (κ3) is 6.10. The second-order valence-electron chi connectivity index (χ2n) is 9.98. The minimum Gasteiger partial charge on any atom is -0.485 e. The summed E-state index contributed by atoms with van der Waals surface area (Å²) < 4.78 is 77.6. The molecule has 1 amide bonds. The van der Waals surface area contributed by atoms with E-state index in [0.29, 0.717) is 5.69 Å². The average molecular weight is 603 g/mol. The first-order chi connectivity index (χ1) is 19.7. The zero-order valence-electron chi connectivity index (χ0n) is 22.1. The van der Waals surface area contributed by atoms with Gasteiger partial charge in [0.05, 0.1) is 11.7 Å². The molecule has 1 aliphatic rings. The molecule has 1 aromatic heterocycles. The third-order valence-electron chi connectivity index (χ3n) is 6.56. The number of benzene rings is 3. The number of nitrogens with one attached hydrogen (secondary N) is 3. The number of aromatic nitrogens is 2. The standard InChI is InChI=1S/C28H25F3N4O6S/c1-27(2)25(36)24(35-42(38,39)22-11-7-6-10-21(22)41-28(29,30)31)18-14-17(12-13-20(18)40-27)26(37)32-23-15-19(33-34-23)16-8-4-3-5-9-16/h3-15,24-25,35-36H,1-2H3,(H2,32,33,34,37)/t24-,25+/m1/s1. The van der Waals surface area contributed by atoms with Gasteiger partial charge in [-0.2, -0.15) is 5.10 Å². The van der Waals surface area contributed by atoms with Crippen LogP contribution in [0.4, 0.5) is 19.0 Å². The van der Waals surface area contributed by atoms with Crippen LogP contribution in [0.15, 0.2) is 83.8 Å². The highest BCUT2D eigenvalue weighted by Crippen LogP contribution is 2.41. The van der Waals surface area contributed by atoms with Gasteiger partial charge in [-0.1, -0.05) is 42.5 Å². The molecule has 0 radical (unpaired) electrons. The Balaban J connectivity index is 1.45. The number of amides is 1. The summed E-state index contributed by atoms with van der Waals surface area (Å²) in [4.78, 5) is 12.3. The van der Waals surface area contributed by atoms with E-state index in [0.717, 1.165) is 17.7 Å². The molecule has 14 heteroatoms. The molecule has 0 fully saturated rings. The molecule has 4 N–H and O–H groups in total. The lowest BCUT2D eigenvalue weighted by Crippen LogP contribution is -2.53. The van der Waals surface area contributed by atoms with Crippen molar-refractivity contribution in [3.63, 3.8) is 0 Å². The lowest BCUT2D eigenvalue weighted by Gasteiger charge is -2.42. The van der Waals surface area contributed by atoms with Crippen LogP contribution in [0.1, 0.15) is 35.8 Å². The fraction of sp³-hybridized carbons (Fsp3) is 0.214. The quantitative estimate of drug-likeness (QED) is 0.239. The Morgan fingerprint density at radius 1 is 1.05 bits per heavy atom. The van der Waals surface area contributed by atoms with Crippen LogP contribution < -0.4 is 19.5 Å². The Morgan fingerprint density at radius 2 is 1.74 bits per heavy atom. The van der Waals surface area contributed by atoms with Gasteiger partial charge in [-0.15, -0.1) is 13.2 Å². The fourth-order valence-corrected chi connectivity index (χ4v) is 5.87. The van der Waals surface area contributed by atoms with Crippen LogP contribution in [0.3, 0.4) is 0 Å². The first-order valence-corrected chi connectivity index (χ1v) is 14.0. The number of alkyl halides is 3. The van der Waals surface area contributed by atoms with Gasteiger partial charge in [0.15, 0.2) is 5.82 Å². The van der Waals surface area contributed by atoms with E-state index < -0.39 is 50.7 Å². The number of H-pyrrole nitrogens is 1. The smallest absolute Gasteiger partial charge is 0.485 e. The highest BCUT2D eigenvalue weighted by molar-refractivity contribution is 7.89. The van der Waals surface area contributed by atoms with Crippen molar-refractivity contribution in [2.75, 3.05) is 5.32 Å². The van der Waals surface area contributed by atoms with Crippen LogP contribution in [-0.2, 0) is 10.0 Å². The number of hydrogen-bond donors (Lipinski definition) is 4. The largest absolute Gasteiger partial charge is 0.573 e. The SMILES string of the molecule is CC1(C)Oc2ccc(C(=O)Nc3cc(-c4ccccc4)[nH]n3)cc2[C@@H](NS(=O)(=O)c2ccccc2OC(F)(F)F)[C@@H]1O. The molecule has 42 heavy (non-hydrogen) atoms.